The van der Waals surface area contributed by atoms with E-state index in [0.717, 1.165) is 12.1 Å². The van der Waals surface area contributed by atoms with Gasteiger partial charge in [0.15, 0.2) is 5.65 Å². The minimum atomic E-state index is -0.171. The molecule has 25 heavy (non-hydrogen) atoms. The van der Waals surface area contributed by atoms with Gasteiger partial charge in [0.1, 0.15) is 11.2 Å². The molecule has 1 atom stereocenters. The molecule has 3 aromatic rings. The van der Waals surface area contributed by atoms with Gasteiger partial charge >= 0.3 is 0 Å². The Morgan fingerprint density at radius 3 is 2.72 bits per heavy atom. The zero-order valence-corrected chi connectivity index (χ0v) is 14.5. The van der Waals surface area contributed by atoms with E-state index in [2.05, 4.69) is 39.9 Å². The van der Waals surface area contributed by atoms with Gasteiger partial charge in [-0.25, -0.2) is 4.98 Å². The molecule has 2 heterocycles. The highest BCUT2D eigenvalue weighted by molar-refractivity contribution is 5.72. The van der Waals surface area contributed by atoms with E-state index in [1.165, 1.54) is 6.20 Å². The molecule has 0 spiro atoms. The van der Waals surface area contributed by atoms with Crippen molar-refractivity contribution < 1.29 is 0 Å². The molecule has 0 aliphatic rings. The second kappa shape index (κ2) is 6.87. The van der Waals surface area contributed by atoms with Crippen LogP contribution in [0.5, 0.6) is 0 Å². The van der Waals surface area contributed by atoms with Crippen LogP contribution in [0.25, 0.3) is 11.0 Å². The predicted molar refractivity (Wildman–Crippen MR) is 94.8 cm³/mol. The summed E-state index contributed by atoms with van der Waals surface area (Å²) in [7, 11) is 1.77. The lowest BCUT2D eigenvalue weighted by atomic mass is 10.0. The van der Waals surface area contributed by atoms with Crippen LogP contribution in [0.4, 0.5) is 0 Å². The number of nitrogens with zero attached hydrogens (tertiary/aromatic N) is 5. The number of aromatic nitrogens is 4. The summed E-state index contributed by atoms with van der Waals surface area (Å²) in [5.41, 5.74) is 2.17. The van der Waals surface area contributed by atoms with Crippen molar-refractivity contribution in [2.45, 2.75) is 26.4 Å². The summed E-state index contributed by atoms with van der Waals surface area (Å²) < 4.78 is 1.61. The molecule has 0 aliphatic heterocycles. The van der Waals surface area contributed by atoms with Gasteiger partial charge in [0.2, 0.25) is 0 Å². The maximum atomic E-state index is 12.2. The van der Waals surface area contributed by atoms with Gasteiger partial charge in [-0.3, -0.25) is 14.4 Å². The Labute approximate surface area is 145 Å². The van der Waals surface area contributed by atoms with Gasteiger partial charge in [-0.1, -0.05) is 19.1 Å². The van der Waals surface area contributed by atoms with E-state index in [1.807, 2.05) is 24.3 Å². The summed E-state index contributed by atoms with van der Waals surface area (Å²) in [6, 6.07) is 9.83. The van der Waals surface area contributed by atoms with E-state index in [4.69, 9.17) is 5.26 Å². The lowest BCUT2D eigenvalue weighted by molar-refractivity contribution is 0.207. The SMILES string of the molecule is CCN(Cc1nc2c(cnn2C)c(=O)[nH]1)[C@H](C)c1ccc(C#N)cc1. The molecule has 0 aliphatic carbocycles. The second-order valence-corrected chi connectivity index (χ2v) is 5.99. The van der Waals surface area contributed by atoms with Crippen molar-refractivity contribution in [2.24, 2.45) is 7.05 Å². The normalized spacial score (nSPS) is 12.4. The van der Waals surface area contributed by atoms with Crippen molar-refractivity contribution in [1.82, 2.24) is 24.6 Å². The molecule has 1 aromatic carbocycles. The number of benzene rings is 1. The fourth-order valence-corrected chi connectivity index (χ4v) is 2.91. The molecule has 128 valence electrons. The fourth-order valence-electron chi connectivity index (χ4n) is 2.91. The summed E-state index contributed by atoms with van der Waals surface area (Å²) in [4.78, 5) is 21.8. The van der Waals surface area contributed by atoms with Crippen LogP contribution in [0.15, 0.2) is 35.3 Å². The van der Waals surface area contributed by atoms with Crippen molar-refractivity contribution >= 4 is 11.0 Å². The summed E-state index contributed by atoms with van der Waals surface area (Å²) in [5, 5.41) is 13.5. The average Bonchev–Trinajstić information content (AvgIpc) is 3.01. The molecule has 0 radical (unpaired) electrons. The third kappa shape index (κ3) is 3.30. The van der Waals surface area contributed by atoms with Crippen LogP contribution >= 0.6 is 0 Å². The van der Waals surface area contributed by atoms with Crippen LogP contribution in [0.3, 0.4) is 0 Å². The molecular formula is C18H20N6O. The molecule has 0 saturated heterocycles. The first-order valence-electron chi connectivity index (χ1n) is 8.18. The second-order valence-electron chi connectivity index (χ2n) is 5.99. The molecular weight excluding hydrogens is 316 g/mol. The molecule has 1 N–H and O–H groups in total. The molecule has 0 amide bonds. The Morgan fingerprint density at radius 2 is 2.08 bits per heavy atom. The monoisotopic (exact) mass is 336 g/mol. The first-order valence-corrected chi connectivity index (χ1v) is 8.18. The molecule has 0 fully saturated rings. The predicted octanol–water partition coefficient (Wildman–Crippen LogP) is 2.11. The lowest BCUT2D eigenvalue weighted by Gasteiger charge is -2.27. The maximum absolute atomic E-state index is 12.2. The number of hydrogen-bond acceptors (Lipinski definition) is 5. The average molecular weight is 336 g/mol. The van der Waals surface area contributed by atoms with E-state index in [1.54, 1.807) is 11.7 Å². The minimum Gasteiger partial charge on any atom is -0.309 e. The molecule has 0 bridgehead atoms. The number of hydrogen-bond donors (Lipinski definition) is 1. The highest BCUT2D eigenvalue weighted by Gasteiger charge is 2.17. The van der Waals surface area contributed by atoms with Gasteiger partial charge in [-0.05, 0) is 31.2 Å². The Bertz CT molecular complexity index is 979. The first-order chi connectivity index (χ1) is 12.0. The minimum absolute atomic E-state index is 0.130. The third-order valence-electron chi connectivity index (χ3n) is 4.48. The summed E-state index contributed by atoms with van der Waals surface area (Å²) in [6.45, 7) is 5.49. The van der Waals surface area contributed by atoms with E-state index in [9.17, 15) is 4.79 Å². The first kappa shape index (κ1) is 16.9. The van der Waals surface area contributed by atoms with Gasteiger partial charge in [-0.2, -0.15) is 10.4 Å². The van der Waals surface area contributed by atoms with E-state index in [0.29, 0.717) is 29.0 Å². The van der Waals surface area contributed by atoms with Gasteiger partial charge in [0.05, 0.1) is 24.4 Å². The molecule has 7 nitrogen and oxygen atoms in total. The number of fused-ring (bicyclic) bond motifs is 1. The van der Waals surface area contributed by atoms with E-state index < -0.39 is 0 Å². The maximum Gasteiger partial charge on any atom is 0.262 e. The zero-order chi connectivity index (χ0) is 18.0. The Kier molecular flexibility index (Phi) is 4.63. The topological polar surface area (TPSA) is 90.6 Å². The summed E-state index contributed by atoms with van der Waals surface area (Å²) in [6.07, 6.45) is 1.53. The molecule has 0 saturated carbocycles. The zero-order valence-electron chi connectivity index (χ0n) is 14.5. The summed E-state index contributed by atoms with van der Waals surface area (Å²) in [5.74, 6) is 0.614. The number of aryl methyl sites for hydroxylation is 1. The van der Waals surface area contributed by atoms with Gasteiger partial charge in [-0.15, -0.1) is 0 Å². The number of rotatable bonds is 5. The van der Waals surface area contributed by atoms with Crippen molar-refractivity contribution in [3.63, 3.8) is 0 Å². The fraction of sp³-hybridized carbons (Fsp3) is 0.333. The largest absolute Gasteiger partial charge is 0.309 e. The molecule has 3 rings (SSSR count). The molecule has 7 heteroatoms. The Morgan fingerprint density at radius 1 is 1.36 bits per heavy atom. The lowest BCUT2D eigenvalue weighted by Crippen LogP contribution is -2.28. The molecule has 0 unspecified atom stereocenters. The smallest absolute Gasteiger partial charge is 0.262 e. The van der Waals surface area contributed by atoms with Gasteiger partial charge in [0, 0.05) is 13.1 Å². The summed E-state index contributed by atoms with van der Waals surface area (Å²) >= 11 is 0. The Balaban J connectivity index is 1.87. The third-order valence-corrected chi connectivity index (χ3v) is 4.48. The van der Waals surface area contributed by atoms with Crippen LogP contribution in [-0.4, -0.2) is 31.2 Å². The Hall–Kier alpha value is -2.98. The van der Waals surface area contributed by atoms with E-state index >= 15 is 0 Å². The molecule has 2 aromatic heterocycles. The number of nitriles is 1. The van der Waals surface area contributed by atoms with Crippen molar-refractivity contribution in [3.05, 3.63) is 57.8 Å². The van der Waals surface area contributed by atoms with Crippen molar-refractivity contribution in [1.29, 1.82) is 5.26 Å². The van der Waals surface area contributed by atoms with Crippen LogP contribution < -0.4 is 5.56 Å². The number of aromatic amines is 1. The highest BCUT2D eigenvalue weighted by Crippen LogP contribution is 2.22. The van der Waals surface area contributed by atoms with Crippen molar-refractivity contribution in [3.8, 4) is 6.07 Å². The number of H-pyrrole nitrogens is 1. The van der Waals surface area contributed by atoms with Crippen molar-refractivity contribution in [2.75, 3.05) is 6.54 Å². The van der Waals surface area contributed by atoms with Crippen LogP contribution in [0.2, 0.25) is 0 Å². The number of nitrogens with one attached hydrogen (secondary N) is 1. The van der Waals surface area contributed by atoms with Gasteiger partial charge in [0.25, 0.3) is 5.56 Å². The quantitative estimate of drug-likeness (QED) is 0.770. The van der Waals surface area contributed by atoms with Crippen LogP contribution in [0, 0.1) is 11.3 Å². The highest BCUT2D eigenvalue weighted by atomic mass is 16.1. The van der Waals surface area contributed by atoms with Gasteiger partial charge < -0.3 is 4.98 Å². The van der Waals surface area contributed by atoms with E-state index in [-0.39, 0.29) is 11.6 Å². The van der Waals surface area contributed by atoms with Crippen LogP contribution in [0.1, 0.15) is 36.8 Å². The van der Waals surface area contributed by atoms with Crippen LogP contribution in [-0.2, 0) is 13.6 Å². The standard InChI is InChI=1S/C18H20N6O/c1-4-24(12(2)14-7-5-13(9-19)6-8-14)11-16-21-17-15(18(25)22-16)10-20-23(17)3/h5-8,10,12H,4,11H2,1-3H3,(H,21,22,25)/t12-/m1/s1.